The molecule has 0 unspecified atom stereocenters. The lowest BCUT2D eigenvalue weighted by molar-refractivity contribution is 0.632. The van der Waals surface area contributed by atoms with E-state index in [1.807, 2.05) is 0 Å². The van der Waals surface area contributed by atoms with E-state index in [9.17, 15) is 0 Å². The Morgan fingerprint density at radius 3 is 1.75 bits per heavy atom. The lowest BCUT2D eigenvalue weighted by Crippen LogP contribution is -2.30. The minimum Gasteiger partial charge on any atom is -0.341 e. The molecule has 0 fully saturated rings. The van der Waals surface area contributed by atoms with E-state index in [-0.39, 0.29) is 10.8 Å². The summed E-state index contributed by atoms with van der Waals surface area (Å²) in [5.41, 5.74) is 18.3. The first-order valence-corrected chi connectivity index (χ1v) is 22.7. The molecule has 0 spiro atoms. The summed E-state index contributed by atoms with van der Waals surface area (Å²) in [5.74, 6) is 0. The SMILES string of the molecule is CC1(C)c2cc(C=Cc3ccc4c5cccc6c(N7c8ccccc8C(C)(C)c8ccccc87)ccc(c7cccc3c47)c65)ccc2-c2ccc(N3CCCc4ccccc43)cc21. The van der Waals surface area contributed by atoms with Gasteiger partial charge in [-0.15, -0.1) is 0 Å². The van der Waals surface area contributed by atoms with E-state index in [1.54, 1.807) is 0 Å². The summed E-state index contributed by atoms with van der Waals surface area (Å²) in [4.78, 5) is 5.03. The van der Waals surface area contributed by atoms with Crippen molar-refractivity contribution in [3.05, 3.63) is 209 Å². The van der Waals surface area contributed by atoms with Gasteiger partial charge in [-0.05, 0) is 137 Å². The van der Waals surface area contributed by atoms with Crippen molar-refractivity contribution in [2.24, 2.45) is 0 Å². The average Bonchev–Trinajstić information content (AvgIpc) is 3.54. The topological polar surface area (TPSA) is 6.48 Å². The second kappa shape index (κ2) is 13.2. The van der Waals surface area contributed by atoms with Gasteiger partial charge in [0, 0.05) is 34.1 Å². The van der Waals surface area contributed by atoms with Crippen LogP contribution in [0.1, 0.15) is 73.1 Å². The molecule has 1 aliphatic carbocycles. The van der Waals surface area contributed by atoms with Gasteiger partial charge in [0.05, 0.1) is 17.1 Å². The van der Waals surface area contributed by atoms with Crippen molar-refractivity contribution in [3.63, 3.8) is 0 Å². The van der Waals surface area contributed by atoms with Crippen LogP contribution in [-0.4, -0.2) is 6.54 Å². The third kappa shape index (κ3) is 5.13. The van der Waals surface area contributed by atoms with Gasteiger partial charge in [0.2, 0.25) is 0 Å². The Hall–Kier alpha value is -7.16. The zero-order chi connectivity index (χ0) is 42.2. The highest BCUT2D eigenvalue weighted by atomic mass is 15.2. The molecule has 2 nitrogen and oxygen atoms in total. The normalized spacial score (nSPS) is 15.9. The zero-order valence-corrected chi connectivity index (χ0v) is 36.3. The van der Waals surface area contributed by atoms with Gasteiger partial charge < -0.3 is 9.80 Å². The van der Waals surface area contributed by atoms with Gasteiger partial charge in [0.25, 0.3) is 0 Å². The number of rotatable bonds is 4. The minimum atomic E-state index is -0.106. The third-order valence-electron chi connectivity index (χ3n) is 15.1. The van der Waals surface area contributed by atoms with Crippen molar-refractivity contribution >= 4 is 83.7 Å². The summed E-state index contributed by atoms with van der Waals surface area (Å²) in [6.45, 7) is 10.6. The molecule has 0 saturated heterocycles. The molecule has 10 aromatic carbocycles. The lowest BCUT2D eigenvalue weighted by atomic mass is 9.73. The molecule has 13 rings (SSSR count). The molecule has 2 heterocycles. The van der Waals surface area contributed by atoms with Gasteiger partial charge in [-0.1, -0.05) is 173 Å². The average molecular weight is 809 g/mol. The number of para-hydroxylation sites is 3. The monoisotopic (exact) mass is 808 g/mol. The molecular weight excluding hydrogens is 761 g/mol. The molecule has 2 aliphatic heterocycles. The highest BCUT2D eigenvalue weighted by molar-refractivity contribution is 6.35. The van der Waals surface area contributed by atoms with Gasteiger partial charge in [-0.3, -0.25) is 0 Å². The molecule has 0 aromatic heterocycles. The first-order valence-electron chi connectivity index (χ1n) is 22.7. The Morgan fingerprint density at radius 1 is 0.429 bits per heavy atom. The molecule has 0 bridgehead atoms. The predicted molar refractivity (Wildman–Crippen MR) is 269 cm³/mol. The molecule has 10 aromatic rings. The second-order valence-corrected chi connectivity index (χ2v) is 19.2. The number of fused-ring (bicyclic) bond motifs is 8. The first kappa shape index (κ1) is 36.5. The maximum Gasteiger partial charge on any atom is 0.0540 e. The van der Waals surface area contributed by atoms with E-state index >= 15 is 0 Å². The number of anilines is 5. The molecule has 0 radical (unpaired) electrons. The Kier molecular flexibility index (Phi) is 7.63. The van der Waals surface area contributed by atoms with E-state index in [2.05, 4.69) is 220 Å². The summed E-state index contributed by atoms with van der Waals surface area (Å²) < 4.78 is 0. The lowest BCUT2D eigenvalue weighted by Gasteiger charge is -2.42. The summed E-state index contributed by atoms with van der Waals surface area (Å²) in [5, 5.41) is 10.4. The van der Waals surface area contributed by atoms with E-state index in [0.717, 1.165) is 13.0 Å². The van der Waals surface area contributed by atoms with Crippen LogP contribution in [0.3, 0.4) is 0 Å². The van der Waals surface area contributed by atoms with E-state index in [0.29, 0.717) is 0 Å². The van der Waals surface area contributed by atoms with Crippen LogP contribution in [0.15, 0.2) is 170 Å². The van der Waals surface area contributed by atoms with E-state index in [4.69, 9.17) is 0 Å². The Bertz CT molecular complexity index is 3500. The van der Waals surface area contributed by atoms with Gasteiger partial charge in [0.15, 0.2) is 0 Å². The molecule has 3 aliphatic rings. The third-order valence-corrected chi connectivity index (χ3v) is 15.1. The first-order chi connectivity index (χ1) is 30.8. The van der Waals surface area contributed by atoms with E-state index < -0.39 is 0 Å². The van der Waals surface area contributed by atoms with Crippen LogP contribution < -0.4 is 9.80 Å². The predicted octanol–water partition coefficient (Wildman–Crippen LogP) is 16.4. The number of aryl methyl sites for hydroxylation is 1. The van der Waals surface area contributed by atoms with Crippen LogP contribution in [0.25, 0.3) is 66.4 Å². The van der Waals surface area contributed by atoms with Crippen LogP contribution >= 0.6 is 0 Å². The molecule has 2 heteroatoms. The Labute approximate surface area is 369 Å². The van der Waals surface area contributed by atoms with Gasteiger partial charge in [-0.2, -0.15) is 0 Å². The number of hydrogen-bond acceptors (Lipinski definition) is 2. The molecule has 0 atom stereocenters. The van der Waals surface area contributed by atoms with Crippen molar-refractivity contribution in [1.29, 1.82) is 0 Å². The van der Waals surface area contributed by atoms with Gasteiger partial charge in [0.1, 0.15) is 0 Å². The Balaban J connectivity index is 0.890. The molecule has 302 valence electrons. The fraction of sp³-hybridized carbons (Fsp3) is 0.148. The van der Waals surface area contributed by atoms with Crippen molar-refractivity contribution in [3.8, 4) is 11.1 Å². The standard InChI is InChI=1S/C61H48N2/c1-60(2)50-20-6-9-23-56(50)63(57-24-10-7-21-51(57)60)55-34-33-48-45-17-11-16-42-39(28-31-47(58(42)45)46-18-12-19-49(55)59(46)48)27-25-38-26-30-43-44-32-29-41(37-53(44)61(3,4)52(43)36-38)62-35-13-15-40-14-5-8-22-54(40)62/h5-12,14,16-34,36-37H,13,15,35H2,1-4H3. The van der Waals surface area contributed by atoms with Crippen LogP contribution in [0.4, 0.5) is 28.4 Å². The van der Waals surface area contributed by atoms with Crippen molar-refractivity contribution in [2.45, 2.75) is 51.4 Å². The van der Waals surface area contributed by atoms with Crippen LogP contribution in [0.2, 0.25) is 0 Å². The van der Waals surface area contributed by atoms with Crippen LogP contribution in [-0.2, 0) is 17.3 Å². The second-order valence-electron chi connectivity index (χ2n) is 19.2. The molecular formula is C61H48N2. The molecule has 0 saturated carbocycles. The highest BCUT2D eigenvalue weighted by Crippen LogP contribution is 2.55. The summed E-state index contributed by atoms with van der Waals surface area (Å²) in [7, 11) is 0. The molecule has 63 heavy (non-hydrogen) atoms. The van der Waals surface area contributed by atoms with Gasteiger partial charge in [-0.25, -0.2) is 0 Å². The minimum absolute atomic E-state index is 0.105. The van der Waals surface area contributed by atoms with Crippen LogP contribution in [0, 0.1) is 0 Å². The maximum atomic E-state index is 2.53. The number of hydrogen-bond donors (Lipinski definition) is 0. The fourth-order valence-electron chi connectivity index (χ4n) is 12.0. The highest BCUT2D eigenvalue weighted by Gasteiger charge is 2.38. The quantitative estimate of drug-likeness (QED) is 0.0993. The maximum absolute atomic E-state index is 2.53. The smallest absolute Gasteiger partial charge is 0.0540 e. The van der Waals surface area contributed by atoms with Crippen molar-refractivity contribution < 1.29 is 0 Å². The number of nitrogens with zero attached hydrogens (tertiary/aromatic N) is 2. The molecule has 0 N–H and O–H groups in total. The molecule has 0 amide bonds. The van der Waals surface area contributed by atoms with Crippen molar-refractivity contribution in [1.82, 2.24) is 0 Å². The van der Waals surface area contributed by atoms with E-state index in [1.165, 1.54) is 128 Å². The largest absolute Gasteiger partial charge is 0.341 e. The number of benzene rings is 10. The van der Waals surface area contributed by atoms with Gasteiger partial charge >= 0.3 is 0 Å². The summed E-state index contributed by atoms with van der Waals surface area (Å²) >= 11 is 0. The fourth-order valence-corrected chi connectivity index (χ4v) is 12.0. The van der Waals surface area contributed by atoms with Crippen molar-refractivity contribution in [2.75, 3.05) is 16.3 Å². The van der Waals surface area contributed by atoms with Crippen LogP contribution in [0.5, 0.6) is 0 Å². The summed E-state index contributed by atoms with van der Waals surface area (Å²) in [6.07, 6.45) is 6.98. The zero-order valence-electron chi connectivity index (χ0n) is 36.3. The Morgan fingerprint density at radius 2 is 1.00 bits per heavy atom. The summed E-state index contributed by atoms with van der Waals surface area (Å²) in [6, 6.07) is 64.3.